The second kappa shape index (κ2) is 5.55. The van der Waals surface area contributed by atoms with Gasteiger partial charge < -0.3 is 0 Å². The smallest absolute Gasteiger partial charge is 0.288 e. The Morgan fingerprint density at radius 2 is 1.91 bits per heavy atom. The maximum Gasteiger partial charge on any atom is 0.409 e. The molecular weight excluding hydrogens is 361 g/mol. The Kier molecular flexibility index (Phi) is 3.86. The number of carbonyl (C=O) groups is 1. The van der Waals surface area contributed by atoms with Crippen molar-refractivity contribution in [3.63, 3.8) is 0 Å². The monoisotopic (exact) mass is 372 g/mol. The number of hydrogen-bond acceptors (Lipinski definition) is 2. The standard InChI is InChI=1S/C15H12BrF3N2O/c16-11-6-5-9-3-1-2-4-10(9)13(11)14(15(17,18)19)21-8-7-12(22)20-21/h1-6,14H,7-8H2,(H,20,22)/t14-/m0/s1. The Hall–Kier alpha value is -1.60. The number of rotatable bonds is 2. The lowest BCUT2D eigenvalue weighted by molar-refractivity contribution is -0.190. The van der Waals surface area contributed by atoms with E-state index in [-0.39, 0.29) is 18.5 Å². The van der Waals surface area contributed by atoms with Crippen molar-refractivity contribution in [3.8, 4) is 0 Å². The number of nitrogens with zero attached hydrogens (tertiary/aromatic N) is 1. The van der Waals surface area contributed by atoms with Gasteiger partial charge in [0.05, 0.1) is 0 Å². The highest BCUT2D eigenvalue weighted by atomic mass is 79.9. The normalized spacial score (nSPS) is 17.7. The summed E-state index contributed by atoms with van der Waals surface area (Å²) < 4.78 is 41.4. The molecule has 0 spiro atoms. The van der Waals surface area contributed by atoms with Gasteiger partial charge in [0.25, 0.3) is 0 Å². The molecule has 0 bridgehead atoms. The minimum atomic E-state index is -4.51. The SMILES string of the molecule is O=C1CCN([C@@H](c2c(Br)ccc3ccccc23)C(F)(F)F)N1. The number of amides is 1. The fourth-order valence-corrected chi connectivity index (χ4v) is 3.29. The zero-order valence-corrected chi connectivity index (χ0v) is 12.9. The summed E-state index contributed by atoms with van der Waals surface area (Å²) in [5.74, 6) is -0.398. The molecule has 0 aromatic heterocycles. The molecule has 22 heavy (non-hydrogen) atoms. The van der Waals surface area contributed by atoms with Crippen LogP contribution in [0.4, 0.5) is 13.2 Å². The van der Waals surface area contributed by atoms with Gasteiger partial charge in [-0.1, -0.05) is 46.3 Å². The largest absolute Gasteiger partial charge is 0.409 e. The Morgan fingerprint density at radius 1 is 1.18 bits per heavy atom. The molecular formula is C15H12BrF3N2O. The molecule has 1 N–H and O–H groups in total. The molecule has 0 radical (unpaired) electrons. The fourth-order valence-electron chi connectivity index (χ4n) is 2.73. The van der Waals surface area contributed by atoms with E-state index >= 15 is 0 Å². The van der Waals surface area contributed by atoms with Crippen molar-refractivity contribution in [3.05, 3.63) is 46.4 Å². The van der Waals surface area contributed by atoms with Crippen LogP contribution >= 0.6 is 15.9 Å². The molecule has 0 aliphatic carbocycles. The van der Waals surface area contributed by atoms with Gasteiger partial charge in [-0.3, -0.25) is 10.2 Å². The third kappa shape index (κ3) is 2.70. The zero-order valence-electron chi connectivity index (χ0n) is 11.3. The number of hydrogen-bond donors (Lipinski definition) is 1. The van der Waals surface area contributed by atoms with Crippen LogP contribution in [0.3, 0.4) is 0 Å². The van der Waals surface area contributed by atoms with Crippen LogP contribution in [0.1, 0.15) is 18.0 Å². The highest BCUT2D eigenvalue weighted by Crippen LogP contribution is 2.43. The van der Waals surface area contributed by atoms with Crippen molar-refractivity contribution in [2.24, 2.45) is 0 Å². The Balaban J connectivity index is 2.20. The molecule has 1 aliphatic rings. The minimum absolute atomic E-state index is 0.0265. The topological polar surface area (TPSA) is 32.3 Å². The van der Waals surface area contributed by atoms with Crippen molar-refractivity contribution in [2.75, 3.05) is 6.54 Å². The third-order valence-corrected chi connectivity index (χ3v) is 4.35. The van der Waals surface area contributed by atoms with E-state index in [4.69, 9.17) is 0 Å². The molecule has 1 amide bonds. The van der Waals surface area contributed by atoms with Crippen LogP contribution in [0.5, 0.6) is 0 Å². The van der Waals surface area contributed by atoms with Crippen LogP contribution in [0, 0.1) is 0 Å². The van der Waals surface area contributed by atoms with Crippen LogP contribution in [0.25, 0.3) is 10.8 Å². The number of fused-ring (bicyclic) bond motifs is 1. The van der Waals surface area contributed by atoms with E-state index in [2.05, 4.69) is 21.4 Å². The molecule has 1 fully saturated rings. The van der Waals surface area contributed by atoms with Gasteiger partial charge in [0.2, 0.25) is 5.91 Å². The summed E-state index contributed by atoms with van der Waals surface area (Å²) in [4.78, 5) is 11.3. The first-order chi connectivity index (χ1) is 10.4. The maximum absolute atomic E-state index is 13.7. The molecule has 2 aromatic carbocycles. The van der Waals surface area contributed by atoms with Crippen LogP contribution in [-0.2, 0) is 4.79 Å². The zero-order chi connectivity index (χ0) is 15.9. The molecule has 2 aromatic rings. The summed E-state index contributed by atoms with van der Waals surface area (Å²) in [7, 11) is 0. The second-order valence-corrected chi connectivity index (χ2v) is 5.96. The van der Waals surface area contributed by atoms with Gasteiger partial charge >= 0.3 is 6.18 Å². The van der Waals surface area contributed by atoms with Gasteiger partial charge in [-0.05, 0) is 16.8 Å². The van der Waals surface area contributed by atoms with Crippen molar-refractivity contribution in [2.45, 2.75) is 18.6 Å². The van der Waals surface area contributed by atoms with Crippen molar-refractivity contribution >= 4 is 32.6 Å². The minimum Gasteiger partial charge on any atom is -0.288 e. The van der Waals surface area contributed by atoms with Gasteiger partial charge in [-0.2, -0.15) is 13.2 Å². The molecule has 1 atom stereocenters. The van der Waals surface area contributed by atoms with E-state index in [1.54, 1.807) is 36.4 Å². The first kappa shape index (κ1) is 15.3. The first-order valence-corrected chi connectivity index (χ1v) is 7.47. The van der Waals surface area contributed by atoms with Gasteiger partial charge in [0, 0.05) is 23.0 Å². The van der Waals surface area contributed by atoms with Gasteiger partial charge in [0.1, 0.15) is 0 Å². The quantitative estimate of drug-likeness (QED) is 0.865. The van der Waals surface area contributed by atoms with Crippen LogP contribution < -0.4 is 5.43 Å². The average molecular weight is 373 g/mol. The molecule has 3 rings (SSSR count). The van der Waals surface area contributed by atoms with Crippen LogP contribution in [-0.4, -0.2) is 23.6 Å². The molecule has 0 saturated carbocycles. The second-order valence-electron chi connectivity index (χ2n) is 5.10. The predicted octanol–water partition coefficient (Wildman–Crippen LogP) is 3.94. The van der Waals surface area contributed by atoms with E-state index in [9.17, 15) is 18.0 Å². The summed E-state index contributed by atoms with van der Waals surface area (Å²) in [5.41, 5.74) is 2.42. The lowest BCUT2D eigenvalue weighted by Gasteiger charge is -2.30. The Bertz CT molecular complexity index is 732. The third-order valence-electron chi connectivity index (χ3n) is 3.66. The van der Waals surface area contributed by atoms with Crippen molar-refractivity contribution < 1.29 is 18.0 Å². The number of carbonyl (C=O) groups excluding carboxylic acids is 1. The number of benzene rings is 2. The van der Waals surface area contributed by atoms with E-state index in [1.807, 2.05) is 0 Å². The molecule has 1 aliphatic heterocycles. The molecule has 0 unspecified atom stereocenters. The van der Waals surface area contributed by atoms with Crippen molar-refractivity contribution in [1.82, 2.24) is 10.4 Å². The number of hydrazine groups is 1. The van der Waals surface area contributed by atoms with Gasteiger partial charge in [-0.25, -0.2) is 5.01 Å². The Labute approximate surface area is 133 Å². The maximum atomic E-state index is 13.7. The summed E-state index contributed by atoms with van der Waals surface area (Å²) >= 11 is 3.23. The van der Waals surface area contributed by atoms with E-state index in [0.29, 0.717) is 9.86 Å². The molecule has 3 nitrogen and oxygen atoms in total. The van der Waals surface area contributed by atoms with Gasteiger partial charge in [0.15, 0.2) is 6.04 Å². The van der Waals surface area contributed by atoms with Crippen LogP contribution in [0.2, 0.25) is 0 Å². The summed E-state index contributed by atoms with van der Waals surface area (Å²) in [5, 5.41) is 2.20. The first-order valence-electron chi connectivity index (χ1n) is 6.68. The summed E-state index contributed by atoms with van der Waals surface area (Å²) in [6, 6.07) is 8.38. The molecule has 1 heterocycles. The summed E-state index contributed by atoms with van der Waals surface area (Å²) in [6.45, 7) is 0.0265. The van der Waals surface area contributed by atoms with Crippen molar-refractivity contribution in [1.29, 1.82) is 0 Å². The fraction of sp³-hybridized carbons (Fsp3) is 0.267. The number of nitrogens with one attached hydrogen (secondary N) is 1. The van der Waals surface area contributed by atoms with E-state index in [0.717, 1.165) is 10.4 Å². The van der Waals surface area contributed by atoms with Gasteiger partial charge in [-0.15, -0.1) is 0 Å². The molecule has 116 valence electrons. The molecule has 7 heteroatoms. The average Bonchev–Trinajstić information content (AvgIpc) is 2.86. The number of alkyl halides is 3. The predicted molar refractivity (Wildman–Crippen MR) is 79.9 cm³/mol. The number of halogens is 4. The lowest BCUT2D eigenvalue weighted by atomic mass is 9.98. The highest BCUT2D eigenvalue weighted by Gasteiger charge is 2.48. The Morgan fingerprint density at radius 3 is 2.55 bits per heavy atom. The lowest BCUT2D eigenvalue weighted by Crippen LogP contribution is -2.43. The van der Waals surface area contributed by atoms with E-state index in [1.165, 1.54) is 0 Å². The van der Waals surface area contributed by atoms with Crippen LogP contribution in [0.15, 0.2) is 40.9 Å². The van der Waals surface area contributed by atoms with E-state index < -0.39 is 18.1 Å². The molecule has 1 saturated heterocycles. The summed E-state index contributed by atoms with van der Waals surface area (Å²) in [6.07, 6.45) is -4.45. The highest BCUT2D eigenvalue weighted by molar-refractivity contribution is 9.10.